The summed E-state index contributed by atoms with van der Waals surface area (Å²) in [5, 5.41) is 15.7. The van der Waals surface area contributed by atoms with Gasteiger partial charge in [0.1, 0.15) is 0 Å². The van der Waals surface area contributed by atoms with Gasteiger partial charge in [-0.3, -0.25) is 0 Å². The third kappa shape index (κ3) is 3.20. The second kappa shape index (κ2) is 4.20. The van der Waals surface area contributed by atoms with Gasteiger partial charge in [0.25, 0.3) is 0 Å². The van der Waals surface area contributed by atoms with E-state index in [4.69, 9.17) is 10.5 Å². The molecule has 0 aliphatic rings. The van der Waals surface area contributed by atoms with E-state index in [9.17, 15) is 0 Å². The smallest absolute Gasteiger partial charge is 0.156 e. The summed E-state index contributed by atoms with van der Waals surface area (Å²) in [4.78, 5) is 0. The molecule has 0 aliphatic heterocycles. The number of hydrogen-bond acceptors (Lipinski definition) is 2. The fourth-order valence-electron chi connectivity index (χ4n) is 0.112. The van der Waals surface area contributed by atoms with Crippen LogP contribution in [0.2, 0.25) is 6.04 Å². The summed E-state index contributed by atoms with van der Waals surface area (Å²) in [7, 11) is -0.634. The minimum Gasteiger partial charge on any atom is -0.207 e. The molecule has 0 rings (SSSR count). The van der Waals surface area contributed by atoms with Crippen molar-refractivity contribution in [3.63, 3.8) is 0 Å². The number of nitriles is 2. The average molecular weight is 96.2 g/mol. The highest BCUT2D eigenvalue weighted by Crippen LogP contribution is 1.65. The molecule has 0 aromatic rings. The number of nitrogens with zero attached hydrogens (tertiary/aromatic N) is 2. The van der Waals surface area contributed by atoms with Crippen molar-refractivity contribution in [2.45, 2.75) is 6.04 Å². The summed E-state index contributed by atoms with van der Waals surface area (Å²) in [6.45, 7) is 0. The Morgan fingerprint density at radius 3 is 2.33 bits per heavy atom. The Labute approximate surface area is 38.8 Å². The van der Waals surface area contributed by atoms with Gasteiger partial charge >= 0.3 is 0 Å². The number of hydrogen-bond donors (Lipinski definition) is 0. The molecule has 0 spiro atoms. The molecule has 3 heteroatoms. The van der Waals surface area contributed by atoms with Crippen LogP contribution in [-0.4, -0.2) is 9.52 Å². The van der Waals surface area contributed by atoms with E-state index < -0.39 is 9.52 Å². The maximum absolute atomic E-state index is 7.86. The van der Waals surface area contributed by atoms with Crippen LogP contribution in [0.4, 0.5) is 0 Å². The summed E-state index contributed by atoms with van der Waals surface area (Å²) in [6.07, 6.45) is 0. The molecule has 0 N–H and O–H groups in total. The predicted molar refractivity (Wildman–Crippen MR) is 24.6 cm³/mol. The molecule has 0 saturated carbocycles. The lowest BCUT2D eigenvalue weighted by molar-refractivity contribution is 1.47. The molecular formula is C3H4N2Si. The Balaban J connectivity index is 2.78. The molecule has 0 saturated heterocycles. The first-order chi connectivity index (χ1) is 2.91. The maximum Gasteiger partial charge on any atom is 0.156 e. The summed E-state index contributed by atoms with van der Waals surface area (Å²) in [5.41, 5.74) is 1.98. The van der Waals surface area contributed by atoms with Crippen molar-refractivity contribution in [2.24, 2.45) is 0 Å². The van der Waals surface area contributed by atoms with Crippen molar-refractivity contribution in [2.75, 3.05) is 0 Å². The Hall–Kier alpha value is -0.803. The first kappa shape index (κ1) is 5.20. The first-order valence-electron chi connectivity index (χ1n) is 1.65. The molecule has 2 nitrogen and oxygen atoms in total. The molecule has 0 bridgehead atoms. The summed E-state index contributed by atoms with van der Waals surface area (Å²) in [5.74, 6) is 0. The molecule has 0 amide bonds. The van der Waals surface area contributed by atoms with Crippen LogP contribution in [0.25, 0.3) is 0 Å². The Bertz CT molecular complexity index is 82.3. The van der Waals surface area contributed by atoms with Crippen LogP contribution in [0.15, 0.2) is 0 Å². The largest absolute Gasteiger partial charge is 0.207 e. The van der Waals surface area contributed by atoms with E-state index in [-0.39, 0.29) is 0 Å². The lowest BCUT2D eigenvalue weighted by Gasteiger charge is -1.61. The van der Waals surface area contributed by atoms with Crippen LogP contribution in [0, 0.1) is 22.3 Å². The van der Waals surface area contributed by atoms with Gasteiger partial charge in [-0.05, 0) is 0 Å². The van der Waals surface area contributed by atoms with Gasteiger partial charge in [0.15, 0.2) is 9.52 Å². The van der Waals surface area contributed by atoms with Crippen LogP contribution in [0.5, 0.6) is 0 Å². The molecule has 30 valence electrons. The molecule has 0 aromatic carbocycles. The van der Waals surface area contributed by atoms with Crippen LogP contribution in [0.1, 0.15) is 0 Å². The van der Waals surface area contributed by atoms with Crippen LogP contribution >= 0.6 is 0 Å². The van der Waals surface area contributed by atoms with E-state index >= 15 is 0 Å². The van der Waals surface area contributed by atoms with Crippen molar-refractivity contribution in [1.82, 2.24) is 0 Å². The number of rotatable bonds is 1. The zero-order valence-electron chi connectivity index (χ0n) is 3.31. The lowest BCUT2D eigenvalue weighted by Crippen LogP contribution is -1.76. The molecule has 0 heterocycles. The Morgan fingerprint density at radius 1 is 1.50 bits per heavy atom. The molecule has 0 aromatic heterocycles. The first-order valence-corrected chi connectivity index (χ1v) is 3.36. The highest BCUT2D eigenvalue weighted by atomic mass is 28.2. The molecule has 0 unspecified atom stereocenters. The topological polar surface area (TPSA) is 47.6 Å². The average Bonchev–Trinajstić information content (AvgIpc) is 1.61. The van der Waals surface area contributed by atoms with Gasteiger partial charge in [0.05, 0.1) is 6.07 Å². The molecule has 0 aliphatic carbocycles. The minimum atomic E-state index is -0.634. The molecule has 0 fully saturated rings. The van der Waals surface area contributed by atoms with Crippen LogP contribution in [0.3, 0.4) is 0 Å². The SMILES string of the molecule is N#CC[SiH2]C#N. The summed E-state index contributed by atoms with van der Waals surface area (Å²) in [6, 6.07) is 2.40. The van der Waals surface area contributed by atoms with Gasteiger partial charge in [-0.2, -0.15) is 5.26 Å². The van der Waals surface area contributed by atoms with Gasteiger partial charge in [-0.1, -0.05) is 0 Å². The van der Waals surface area contributed by atoms with Crippen molar-refractivity contribution >= 4 is 9.52 Å². The van der Waals surface area contributed by atoms with E-state index in [1.54, 1.807) is 0 Å². The highest BCUT2D eigenvalue weighted by molar-refractivity contribution is 6.45. The van der Waals surface area contributed by atoms with Gasteiger partial charge < -0.3 is 0 Å². The quantitative estimate of drug-likeness (QED) is 0.329. The van der Waals surface area contributed by atoms with Gasteiger partial charge in [-0.25, -0.2) is 5.26 Å². The molecule has 0 radical (unpaired) electrons. The second-order valence-corrected chi connectivity index (χ2v) is 2.13. The fraction of sp³-hybridized carbons (Fsp3) is 0.333. The Kier molecular flexibility index (Phi) is 3.64. The third-order valence-corrected chi connectivity index (χ3v) is 1.05. The van der Waals surface area contributed by atoms with E-state index in [0.29, 0.717) is 6.04 Å². The summed E-state index contributed by atoms with van der Waals surface area (Å²) >= 11 is 0. The second-order valence-electron chi connectivity index (χ2n) is 0.816. The minimum absolute atomic E-state index is 0.497. The van der Waals surface area contributed by atoms with Crippen molar-refractivity contribution in [1.29, 1.82) is 10.5 Å². The van der Waals surface area contributed by atoms with E-state index in [0.717, 1.165) is 0 Å². The zero-order chi connectivity index (χ0) is 4.83. The fourth-order valence-corrected chi connectivity index (χ4v) is 0.335. The third-order valence-electron chi connectivity index (χ3n) is 0.349. The van der Waals surface area contributed by atoms with Crippen molar-refractivity contribution in [3.8, 4) is 11.8 Å². The van der Waals surface area contributed by atoms with Crippen LogP contribution < -0.4 is 0 Å². The Morgan fingerprint density at radius 2 is 2.17 bits per heavy atom. The van der Waals surface area contributed by atoms with E-state index in [1.165, 1.54) is 0 Å². The van der Waals surface area contributed by atoms with E-state index in [2.05, 4.69) is 0 Å². The zero-order valence-corrected chi connectivity index (χ0v) is 4.72. The van der Waals surface area contributed by atoms with Gasteiger partial charge in [0.2, 0.25) is 0 Å². The molecular weight excluding hydrogens is 92.1 g/mol. The van der Waals surface area contributed by atoms with Crippen molar-refractivity contribution in [3.05, 3.63) is 0 Å². The highest BCUT2D eigenvalue weighted by Gasteiger charge is 1.75. The monoisotopic (exact) mass is 96.0 g/mol. The summed E-state index contributed by atoms with van der Waals surface area (Å²) < 4.78 is 0. The van der Waals surface area contributed by atoms with Gasteiger partial charge in [0, 0.05) is 11.7 Å². The van der Waals surface area contributed by atoms with Crippen LogP contribution in [-0.2, 0) is 0 Å². The standard InChI is InChI=1S/C3H4N2Si/c4-1-2-6-3-5/h2,6H2. The van der Waals surface area contributed by atoms with Gasteiger partial charge in [-0.15, -0.1) is 0 Å². The van der Waals surface area contributed by atoms with E-state index in [1.807, 2.05) is 11.8 Å². The lowest BCUT2D eigenvalue weighted by atomic mass is 10.9. The van der Waals surface area contributed by atoms with Crippen molar-refractivity contribution < 1.29 is 0 Å². The predicted octanol–water partition coefficient (Wildman–Crippen LogP) is -0.422. The normalized spacial score (nSPS) is 7.67. The maximum atomic E-state index is 7.86. The molecule has 0 atom stereocenters. The molecule has 6 heavy (non-hydrogen) atoms.